The van der Waals surface area contributed by atoms with Gasteiger partial charge in [-0.25, -0.2) is 0 Å². The molecular formula is C11H20OS. The zero-order valence-corrected chi connectivity index (χ0v) is 9.91. The van der Waals surface area contributed by atoms with E-state index in [0.29, 0.717) is 6.42 Å². The number of thioether (sulfide) groups is 1. The molecule has 13 heavy (non-hydrogen) atoms. The average molecular weight is 200 g/mol. The molecule has 0 aliphatic heterocycles. The molecule has 0 aromatic rings. The van der Waals surface area contributed by atoms with Gasteiger partial charge in [0.1, 0.15) is 6.29 Å². The third-order valence-corrected chi connectivity index (χ3v) is 3.59. The highest BCUT2D eigenvalue weighted by Gasteiger charge is 2.20. The maximum atomic E-state index is 10.4. The number of aldehydes is 1. The molecular weight excluding hydrogens is 180 g/mol. The number of rotatable bonds is 6. The molecule has 2 heteroatoms. The van der Waals surface area contributed by atoms with Crippen molar-refractivity contribution in [1.29, 1.82) is 0 Å². The van der Waals surface area contributed by atoms with Crippen LogP contribution < -0.4 is 0 Å². The van der Waals surface area contributed by atoms with Gasteiger partial charge < -0.3 is 4.79 Å². The zero-order chi connectivity index (χ0) is 10.3. The summed E-state index contributed by atoms with van der Waals surface area (Å²) >= 11 is 1.79. The summed E-state index contributed by atoms with van der Waals surface area (Å²) in [6.07, 6.45) is 8.15. The maximum absolute atomic E-state index is 10.4. The summed E-state index contributed by atoms with van der Waals surface area (Å²) in [6, 6.07) is 0. The van der Waals surface area contributed by atoms with Gasteiger partial charge in [0.25, 0.3) is 0 Å². The van der Waals surface area contributed by atoms with Crippen molar-refractivity contribution >= 4 is 18.0 Å². The fraction of sp³-hybridized carbons (Fsp3) is 0.727. The summed E-state index contributed by atoms with van der Waals surface area (Å²) in [7, 11) is 0. The lowest BCUT2D eigenvalue weighted by molar-refractivity contribution is -0.108. The Kier molecular flexibility index (Phi) is 6.13. The van der Waals surface area contributed by atoms with Crippen LogP contribution >= 0.6 is 11.8 Å². The molecule has 0 fully saturated rings. The molecule has 0 aromatic carbocycles. The van der Waals surface area contributed by atoms with E-state index < -0.39 is 0 Å². The van der Waals surface area contributed by atoms with Gasteiger partial charge in [0.05, 0.1) is 0 Å². The topological polar surface area (TPSA) is 17.1 Å². The summed E-state index contributed by atoms with van der Waals surface area (Å²) in [4.78, 5) is 10.4. The molecule has 0 aliphatic carbocycles. The van der Waals surface area contributed by atoms with Crippen molar-refractivity contribution in [3.05, 3.63) is 11.6 Å². The Hall–Kier alpha value is -0.240. The van der Waals surface area contributed by atoms with Gasteiger partial charge >= 0.3 is 0 Å². The number of hydrogen-bond donors (Lipinski definition) is 0. The molecule has 0 aromatic heterocycles. The van der Waals surface area contributed by atoms with E-state index in [9.17, 15) is 4.79 Å². The first-order valence-corrected chi connectivity index (χ1v) is 5.89. The molecule has 0 radical (unpaired) electrons. The van der Waals surface area contributed by atoms with Gasteiger partial charge in [0.15, 0.2) is 0 Å². The first-order valence-electron chi connectivity index (χ1n) is 4.66. The molecule has 0 N–H and O–H groups in total. The lowest BCUT2D eigenvalue weighted by atomic mass is 10.0. The van der Waals surface area contributed by atoms with Crippen molar-refractivity contribution in [3.8, 4) is 0 Å². The average Bonchev–Trinajstić information content (AvgIpc) is 2.04. The standard InChI is InChI=1S/C11H20OS/c1-10(2)6-5-7-11(3,13-4)8-9-12/h6,9H,5,7-8H2,1-4H3. The molecule has 1 nitrogen and oxygen atoms in total. The van der Waals surface area contributed by atoms with Crippen molar-refractivity contribution < 1.29 is 4.79 Å². The second-order valence-electron chi connectivity index (χ2n) is 3.84. The summed E-state index contributed by atoms with van der Waals surface area (Å²) < 4.78 is 0.133. The summed E-state index contributed by atoms with van der Waals surface area (Å²) in [5.74, 6) is 0. The van der Waals surface area contributed by atoms with Gasteiger partial charge in [0, 0.05) is 11.2 Å². The molecule has 0 spiro atoms. The predicted octanol–water partition coefficient (Wildman–Crippen LogP) is 3.44. The number of carbonyl (C=O) groups excluding carboxylic acids is 1. The van der Waals surface area contributed by atoms with Gasteiger partial charge in [-0.15, -0.1) is 0 Å². The van der Waals surface area contributed by atoms with Crippen LogP contribution in [0.15, 0.2) is 11.6 Å². The highest BCUT2D eigenvalue weighted by atomic mass is 32.2. The number of allylic oxidation sites excluding steroid dienone is 2. The second kappa shape index (κ2) is 6.25. The molecule has 1 unspecified atom stereocenters. The Balaban J connectivity index is 3.97. The number of carbonyl (C=O) groups is 1. The molecule has 0 saturated heterocycles. The van der Waals surface area contributed by atoms with Crippen molar-refractivity contribution in [2.45, 2.75) is 44.8 Å². The SMILES string of the molecule is CSC(C)(CC=O)CCC=C(C)C. The molecule has 0 rings (SSSR count). The van der Waals surface area contributed by atoms with E-state index in [1.54, 1.807) is 11.8 Å². The van der Waals surface area contributed by atoms with E-state index in [-0.39, 0.29) is 4.75 Å². The van der Waals surface area contributed by atoms with Crippen molar-refractivity contribution in [2.75, 3.05) is 6.26 Å². The summed E-state index contributed by atoms with van der Waals surface area (Å²) in [5, 5.41) is 0. The van der Waals surface area contributed by atoms with Gasteiger partial charge in [-0.3, -0.25) is 0 Å². The zero-order valence-electron chi connectivity index (χ0n) is 9.09. The third kappa shape index (κ3) is 5.92. The van der Waals surface area contributed by atoms with Crippen LogP contribution in [0, 0.1) is 0 Å². The smallest absolute Gasteiger partial charge is 0.121 e. The monoisotopic (exact) mass is 200 g/mol. The summed E-state index contributed by atoms with van der Waals surface area (Å²) in [5.41, 5.74) is 1.36. The Bertz CT molecular complexity index is 183. The van der Waals surface area contributed by atoms with E-state index in [4.69, 9.17) is 0 Å². The van der Waals surface area contributed by atoms with Gasteiger partial charge in [-0.2, -0.15) is 11.8 Å². The molecule has 0 bridgehead atoms. The lowest BCUT2D eigenvalue weighted by Crippen LogP contribution is -2.19. The Morgan fingerprint density at radius 1 is 1.46 bits per heavy atom. The maximum Gasteiger partial charge on any atom is 0.121 e. The van der Waals surface area contributed by atoms with Crippen LogP contribution in [0.25, 0.3) is 0 Å². The van der Waals surface area contributed by atoms with Crippen molar-refractivity contribution in [1.82, 2.24) is 0 Å². The molecule has 0 aliphatic rings. The predicted molar refractivity (Wildman–Crippen MR) is 61.3 cm³/mol. The van der Waals surface area contributed by atoms with Crippen LogP contribution in [0.1, 0.15) is 40.0 Å². The van der Waals surface area contributed by atoms with E-state index in [1.165, 1.54) is 5.57 Å². The molecule has 0 amide bonds. The van der Waals surface area contributed by atoms with Crippen LogP contribution in [0.4, 0.5) is 0 Å². The minimum absolute atomic E-state index is 0.133. The minimum Gasteiger partial charge on any atom is -0.303 e. The largest absolute Gasteiger partial charge is 0.303 e. The van der Waals surface area contributed by atoms with Crippen molar-refractivity contribution in [2.24, 2.45) is 0 Å². The van der Waals surface area contributed by atoms with Gasteiger partial charge in [-0.1, -0.05) is 18.6 Å². The summed E-state index contributed by atoms with van der Waals surface area (Å²) in [6.45, 7) is 6.37. The molecule has 1 atom stereocenters. The van der Waals surface area contributed by atoms with Crippen molar-refractivity contribution in [3.63, 3.8) is 0 Å². The highest BCUT2D eigenvalue weighted by Crippen LogP contribution is 2.30. The fourth-order valence-corrected chi connectivity index (χ4v) is 1.69. The second-order valence-corrected chi connectivity index (χ2v) is 5.24. The van der Waals surface area contributed by atoms with Gasteiger partial charge in [-0.05, 0) is 32.9 Å². The fourth-order valence-electron chi connectivity index (χ4n) is 1.13. The highest BCUT2D eigenvalue weighted by molar-refractivity contribution is 8.00. The first-order chi connectivity index (χ1) is 6.04. The first kappa shape index (κ1) is 12.8. The van der Waals surface area contributed by atoms with E-state index in [0.717, 1.165) is 19.1 Å². The molecule has 0 heterocycles. The Morgan fingerprint density at radius 3 is 2.46 bits per heavy atom. The normalized spacial score (nSPS) is 14.8. The minimum atomic E-state index is 0.133. The van der Waals surface area contributed by atoms with E-state index in [2.05, 4.69) is 33.1 Å². The quantitative estimate of drug-likeness (QED) is 0.482. The molecule has 76 valence electrons. The van der Waals surface area contributed by atoms with Gasteiger partial charge in [0.2, 0.25) is 0 Å². The Morgan fingerprint density at radius 2 is 2.08 bits per heavy atom. The Labute approximate surface area is 86.0 Å². The van der Waals surface area contributed by atoms with Crippen LogP contribution in [-0.2, 0) is 4.79 Å². The van der Waals surface area contributed by atoms with Crippen LogP contribution in [0.5, 0.6) is 0 Å². The third-order valence-electron chi connectivity index (χ3n) is 2.23. The lowest BCUT2D eigenvalue weighted by Gasteiger charge is -2.24. The van der Waals surface area contributed by atoms with E-state index >= 15 is 0 Å². The van der Waals surface area contributed by atoms with Crippen LogP contribution in [0.3, 0.4) is 0 Å². The van der Waals surface area contributed by atoms with Crippen LogP contribution in [0.2, 0.25) is 0 Å². The van der Waals surface area contributed by atoms with Crippen LogP contribution in [-0.4, -0.2) is 17.3 Å². The van der Waals surface area contributed by atoms with E-state index in [1.807, 2.05) is 0 Å². The molecule has 0 saturated carbocycles. The number of hydrogen-bond acceptors (Lipinski definition) is 2.